The first-order chi connectivity index (χ1) is 16.0. The number of benzene rings is 3. The van der Waals surface area contributed by atoms with E-state index < -0.39 is 18.6 Å². The number of carbonyl (C=O) groups is 1. The predicted octanol–water partition coefficient (Wildman–Crippen LogP) is 4.60. The summed E-state index contributed by atoms with van der Waals surface area (Å²) in [6, 6.07) is 21.9. The van der Waals surface area contributed by atoms with Gasteiger partial charge in [0.25, 0.3) is 0 Å². The zero-order chi connectivity index (χ0) is 23.4. The van der Waals surface area contributed by atoms with Crippen LogP contribution in [0.4, 0.5) is 0 Å². The maximum atomic E-state index is 11.2. The number of aliphatic carboxylic acids is 1. The molecule has 0 fully saturated rings. The summed E-state index contributed by atoms with van der Waals surface area (Å²) in [5.74, 6) is -0.390. The highest BCUT2D eigenvalue weighted by molar-refractivity contribution is 6.35. The van der Waals surface area contributed by atoms with Crippen LogP contribution >= 0.6 is 11.6 Å². The Labute approximate surface area is 195 Å². The van der Waals surface area contributed by atoms with Gasteiger partial charge >= 0.3 is 5.97 Å². The summed E-state index contributed by atoms with van der Waals surface area (Å²) in [6.45, 7) is -0.0858. The topological polar surface area (TPSA) is 99.7 Å². The van der Waals surface area contributed by atoms with E-state index >= 15 is 0 Å². The van der Waals surface area contributed by atoms with Crippen LogP contribution in [0.15, 0.2) is 77.2 Å². The molecule has 33 heavy (non-hydrogen) atoms. The zero-order valence-corrected chi connectivity index (χ0v) is 18.6. The van der Waals surface area contributed by atoms with Crippen LogP contribution in [0.25, 0.3) is 34.0 Å². The number of halogens is 1. The third-order valence-corrected chi connectivity index (χ3v) is 5.77. The average Bonchev–Trinajstić information content (AvgIpc) is 3.30. The lowest BCUT2D eigenvalue weighted by Crippen LogP contribution is -2.40. The first-order valence-corrected chi connectivity index (χ1v) is 10.7. The fourth-order valence-electron chi connectivity index (χ4n) is 3.54. The van der Waals surface area contributed by atoms with Gasteiger partial charge in [-0.15, -0.1) is 10.2 Å². The first-order valence-electron chi connectivity index (χ1n) is 10.3. The molecular formula is C25H22ClN3O4. The van der Waals surface area contributed by atoms with Gasteiger partial charge in [0, 0.05) is 17.7 Å². The number of rotatable bonds is 8. The molecule has 1 heterocycles. The highest BCUT2D eigenvalue weighted by Gasteiger charge is 2.21. The smallest absolute Gasteiger partial charge is 0.323 e. The van der Waals surface area contributed by atoms with E-state index in [0.29, 0.717) is 28.9 Å². The van der Waals surface area contributed by atoms with Crippen molar-refractivity contribution in [2.24, 2.45) is 0 Å². The van der Waals surface area contributed by atoms with Gasteiger partial charge in [-0.25, -0.2) is 0 Å². The van der Waals surface area contributed by atoms with E-state index in [9.17, 15) is 15.0 Å². The lowest BCUT2D eigenvalue weighted by molar-refractivity contribution is -0.144. The van der Waals surface area contributed by atoms with Gasteiger partial charge in [-0.1, -0.05) is 66.2 Å². The quantitative estimate of drug-likeness (QED) is 0.394. The lowest BCUT2D eigenvalue weighted by atomic mass is 10.0. The molecule has 1 aromatic heterocycles. The minimum absolute atomic E-state index is 0.323. The van der Waals surface area contributed by atoms with Gasteiger partial charge in [-0.05, 0) is 36.4 Å². The summed E-state index contributed by atoms with van der Waals surface area (Å²) in [4.78, 5) is 12.8. The SMILES string of the molecule is CN(Cc1ccc(-c2nnc(-c3cccc(-c4ccccc4)c3Cl)o2)cc1)[C@@H](CO)C(=O)O. The highest BCUT2D eigenvalue weighted by Crippen LogP contribution is 2.36. The molecule has 3 aromatic carbocycles. The molecule has 0 radical (unpaired) electrons. The lowest BCUT2D eigenvalue weighted by Gasteiger charge is -2.22. The standard InChI is InChI=1S/C25H22ClN3O4/c1-29(21(15-30)25(31)32)14-16-10-12-18(13-11-16)23-27-28-24(33-23)20-9-5-8-19(22(20)26)17-6-3-2-4-7-17/h2-13,21,30H,14-15H2,1H3,(H,31,32)/t21-/m0/s1. The van der Waals surface area contributed by atoms with Crippen molar-refractivity contribution in [3.63, 3.8) is 0 Å². The molecule has 0 aliphatic carbocycles. The van der Waals surface area contributed by atoms with E-state index in [2.05, 4.69) is 10.2 Å². The Morgan fingerprint density at radius 3 is 2.27 bits per heavy atom. The van der Waals surface area contributed by atoms with Crippen LogP contribution in [-0.2, 0) is 11.3 Å². The van der Waals surface area contributed by atoms with Crippen LogP contribution in [-0.4, -0.2) is 51.0 Å². The number of aromatic nitrogens is 2. The molecule has 0 aliphatic heterocycles. The summed E-state index contributed by atoms with van der Waals surface area (Å²) in [5, 5.41) is 27.3. The summed E-state index contributed by atoms with van der Waals surface area (Å²) in [5.41, 5.74) is 4.15. The fourth-order valence-corrected chi connectivity index (χ4v) is 3.86. The van der Waals surface area contributed by atoms with Crippen LogP contribution in [0.2, 0.25) is 5.02 Å². The van der Waals surface area contributed by atoms with Crippen molar-refractivity contribution in [1.82, 2.24) is 15.1 Å². The third-order valence-electron chi connectivity index (χ3n) is 5.36. The fraction of sp³-hybridized carbons (Fsp3) is 0.160. The zero-order valence-electron chi connectivity index (χ0n) is 17.9. The summed E-state index contributed by atoms with van der Waals surface area (Å²) in [7, 11) is 1.65. The van der Waals surface area contributed by atoms with E-state index in [0.717, 1.165) is 22.3 Å². The van der Waals surface area contributed by atoms with Crippen molar-refractivity contribution in [1.29, 1.82) is 0 Å². The van der Waals surface area contributed by atoms with E-state index in [4.69, 9.17) is 16.0 Å². The maximum Gasteiger partial charge on any atom is 0.323 e. The van der Waals surface area contributed by atoms with Gasteiger partial charge in [0.1, 0.15) is 6.04 Å². The Kier molecular flexibility index (Phi) is 6.84. The number of likely N-dealkylation sites (N-methyl/N-ethyl adjacent to an activating group) is 1. The number of aliphatic hydroxyl groups is 1. The van der Waals surface area contributed by atoms with Crippen LogP contribution in [0.5, 0.6) is 0 Å². The van der Waals surface area contributed by atoms with Crippen LogP contribution in [0.3, 0.4) is 0 Å². The van der Waals surface area contributed by atoms with E-state index in [1.807, 2.05) is 72.8 Å². The van der Waals surface area contributed by atoms with Crippen LogP contribution < -0.4 is 0 Å². The molecule has 0 amide bonds. The van der Waals surface area contributed by atoms with Gasteiger partial charge in [0.05, 0.1) is 17.2 Å². The molecule has 1 atom stereocenters. The van der Waals surface area contributed by atoms with E-state index in [1.54, 1.807) is 11.9 Å². The molecule has 0 bridgehead atoms. The normalized spacial score (nSPS) is 12.1. The summed E-state index contributed by atoms with van der Waals surface area (Å²) < 4.78 is 5.91. The number of nitrogens with zero attached hydrogens (tertiary/aromatic N) is 3. The molecule has 0 unspecified atom stereocenters. The van der Waals surface area contributed by atoms with Crippen LogP contribution in [0, 0.1) is 0 Å². The Hall–Kier alpha value is -3.52. The van der Waals surface area contributed by atoms with Gasteiger partial charge in [-0.2, -0.15) is 0 Å². The predicted molar refractivity (Wildman–Crippen MR) is 126 cm³/mol. The second-order valence-corrected chi connectivity index (χ2v) is 7.97. The second kappa shape index (κ2) is 9.95. The Morgan fingerprint density at radius 2 is 1.61 bits per heavy atom. The molecule has 0 spiro atoms. The molecule has 2 N–H and O–H groups in total. The minimum Gasteiger partial charge on any atom is -0.480 e. The third kappa shape index (κ3) is 4.96. The maximum absolute atomic E-state index is 11.2. The van der Waals surface area contributed by atoms with Gasteiger partial charge in [0.15, 0.2) is 0 Å². The molecule has 0 aliphatic rings. The largest absolute Gasteiger partial charge is 0.480 e. The van der Waals surface area contributed by atoms with Gasteiger partial charge in [-0.3, -0.25) is 9.69 Å². The molecule has 0 saturated heterocycles. The van der Waals surface area contributed by atoms with Gasteiger partial charge in [0.2, 0.25) is 11.8 Å². The number of hydrogen-bond acceptors (Lipinski definition) is 6. The van der Waals surface area contributed by atoms with E-state index in [1.165, 1.54) is 0 Å². The van der Waals surface area contributed by atoms with Crippen molar-refractivity contribution in [3.05, 3.63) is 83.4 Å². The van der Waals surface area contributed by atoms with Crippen molar-refractivity contribution >= 4 is 17.6 Å². The van der Waals surface area contributed by atoms with Crippen molar-refractivity contribution in [2.45, 2.75) is 12.6 Å². The highest BCUT2D eigenvalue weighted by atomic mass is 35.5. The first kappa shape index (κ1) is 22.7. The minimum atomic E-state index is -1.06. The van der Waals surface area contributed by atoms with Crippen molar-refractivity contribution in [2.75, 3.05) is 13.7 Å². The van der Waals surface area contributed by atoms with Crippen molar-refractivity contribution in [3.8, 4) is 34.0 Å². The number of carboxylic acids is 1. The Balaban J connectivity index is 1.54. The van der Waals surface area contributed by atoms with E-state index in [-0.39, 0.29) is 0 Å². The average molecular weight is 464 g/mol. The molecule has 4 rings (SSSR count). The monoisotopic (exact) mass is 463 g/mol. The molecule has 4 aromatic rings. The number of aliphatic hydroxyl groups excluding tert-OH is 1. The second-order valence-electron chi connectivity index (χ2n) is 7.59. The Morgan fingerprint density at radius 1 is 0.939 bits per heavy atom. The molecule has 7 nitrogen and oxygen atoms in total. The summed E-state index contributed by atoms with van der Waals surface area (Å²) >= 11 is 6.67. The molecule has 0 saturated carbocycles. The van der Waals surface area contributed by atoms with Crippen LogP contribution in [0.1, 0.15) is 5.56 Å². The van der Waals surface area contributed by atoms with Gasteiger partial charge < -0.3 is 14.6 Å². The van der Waals surface area contributed by atoms with Crippen molar-refractivity contribution < 1.29 is 19.4 Å². The number of hydrogen-bond donors (Lipinski definition) is 2. The summed E-state index contributed by atoms with van der Waals surface area (Å²) in [6.07, 6.45) is 0. The number of carboxylic acid groups (broad SMARTS) is 1. The molecule has 168 valence electrons. The Bertz CT molecular complexity index is 1240. The molecular weight excluding hydrogens is 442 g/mol. The molecule has 8 heteroatoms.